The number of amides is 2. The van der Waals surface area contributed by atoms with Crippen LogP contribution in [0.4, 0.5) is 0 Å². The molecule has 0 bridgehead atoms. The van der Waals surface area contributed by atoms with Crippen molar-refractivity contribution >= 4 is 11.8 Å². The van der Waals surface area contributed by atoms with E-state index in [0.29, 0.717) is 18.7 Å². The van der Waals surface area contributed by atoms with Gasteiger partial charge in [-0.1, -0.05) is 30.3 Å². The van der Waals surface area contributed by atoms with Crippen LogP contribution < -0.4 is 0 Å². The number of carbonyl (C=O) groups is 2. The zero-order chi connectivity index (χ0) is 19.3. The lowest BCUT2D eigenvalue weighted by Gasteiger charge is -2.70. The molecular weight excluding hydrogens is 354 g/mol. The van der Waals surface area contributed by atoms with Crippen LogP contribution in [-0.4, -0.2) is 63.0 Å². The van der Waals surface area contributed by atoms with Gasteiger partial charge in [0.2, 0.25) is 5.91 Å². The van der Waals surface area contributed by atoms with Crippen LogP contribution in [0.2, 0.25) is 0 Å². The number of nitrogens with zero attached hydrogens (tertiary/aromatic N) is 3. The van der Waals surface area contributed by atoms with Gasteiger partial charge in [0.1, 0.15) is 0 Å². The highest BCUT2D eigenvalue weighted by atomic mass is 16.3. The minimum atomic E-state index is -0.452. The van der Waals surface area contributed by atoms with Gasteiger partial charge in [0.05, 0.1) is 23.8 Å². The van der Waals surface area contributed by atoms with E-state index in [0.717, 1.165) is 18.4 Å². The Labute approximate surface area is 163 Å². The second-order valence-corrected chi connectivity index (χ2v) is 8.13. The van der Waals surface area contributed by atoms with Crippen molar-refractivity contribution in [1.29, 1.82) is 0 Å². The first-order chi connectivity index (χ1) is 13.7. The molecule has 1 saturated carbocycles. The number of aliphatic hydroxyl groups excluding tert-OH is 1. The van der Waals surface area contributed by atoms with E-state index in [9.17, 15) is 14.7 Å². The summed E-state index contributed by atoms with van der Waals surface area (Å²) in [7, 11) is 0. The molecule has 2 atom stereocenters. The normalized spacial score (nSPS) is 25.2. The Kier molecular flexibility index (Phi) is 3.98. The number of hydrogen-bond donors (Lipinski definition) is 1. The van der Waals surface area contributed by atoms with Crippen LogP contribution in [0.1, 0.15) is 34.7 Å². The minimum Gasteiger partial charge on any atom is -0.394 e. The maximum Gasteiger partial charge on any atom is 0.256 e. The van der Waals surface area contributed by atoms with E-state index in [-0.39, 0.29) is 36.3 Å². The number of aliphatic hydroxyl groups is 1. The number of benzene rings is 1. The van der Waals surface area contributed by atoms with Crippen LogP contribution in [0.3, 0.4) is 0 Å². The molecule has 1 spiro atoms. The average molecular weight is 377 g/mol. The highest BCUT2D eigenvalue weighted by Gasteiger charge is 2.68. The molecule has 0 unspecified atom stereocenters. The van der Waals surface area contributed by atoms with Crippen LogP contribution in [0.25, 0.3) is 0 Å². The molecule has 1 N–H and O–H groups in total. The van der Waals surface area contributed by atoms with Gasteiger partial charge in [-0.25, -0.2) is 0 Å². The zero-order valence-corrected chi connectivity index (χ0v) is 15.6. The molecular formula is C22H23N3O3. The molecule has 5 rings (SSSR count). The molecule has 1 aromatic carbocycles. The quantitative estimate of drug-likeness (QED) is 0.880. The van der Waals surface area contributed by atoms with Gasteiger partial charge in [0, 0.05) is 37.3 Å². The number of hydrogen-bond acceptors (Lipinski definition) is 4. The van der Waals surface area contributed by atoms with E-state index in [1.54, 1.807) is 29.4 Å². The monoisotopic (exact) mass is 377 g/mol. The third-order valence-corrected chi connectivity index (χ3v) is 6.42. The Morgan fingerprint density at radius 2 is 1.86 bits per heavy atom. The molecule has 2 aromatic rings. The molecule has 6 nitrogen and oxygen atoms in total. The summed E-state index contributed by atoms with van der Waals surface area (Å²) in [6, 6.07) is 13.2. The third kappa shape index (κ3) is 2.48. The molecule has 2 amide bonds. The van der Waals surface area contributed by atoms with Gasteiger partial charge in [0.25, 0.3) is 5.91 Å². The standard InChI is InChI=1S/C22H23N3O3/c26-12-18-19(15-5-2-1-3-6-15)22(13-24(14-22)20(27)16-8-9-16)25(18)21(28)17-7-4-10-23-11-17/h1-7,10-11,16,18-19,26H,8-9,12-14H2/t18-,19+/m0/s1. The van der Waals surface area contributed by atoms with E-state index < -0.39 is 5.54 Å². The van der Waals surface area contributed by atoms with Gasteiger partial charge in [0.15, 0.2) is 0 Å². The Morgan fingerprint density at radius 3 is 2.46 bits per heavy atom. The first-order valence-electron chi connectivity index (χ1n) is 9.84. The lowest BCUT2D eigenvalue weighted by molar-refractivity contribution is -0.179. The van der Waals surface area contributed by atoms with Crippen LogP contribution >= 0.6 is 0 Å². The molecule has 6 heteroatoms. The van der Waals surface area contributed by atoms with Gasteiger partial charge < -0.3 is 14.9 Å². The van der Waals surface area contributed by atoms with Crippen molar-refractivity contribution in [2.24, 2.45) is 5.92 Å². The van der Waals surface area contributed by atoms with Crippen molar-refractivity contribution in [1.82, 2.24) is 14.8 Å². The topological polar surface area (TPSA) is 73.7 Å². The fourth-order valence-corrected chi connectivity index (χ4v) is 4.97. The van der Waals surface area contributed by atoms with Gasteiger partial charge in [-0.15, -0.1) is 0 Å². The van der Waals surface area contributed by atoms with Crippen molar-refractivity contribution < 1.29 is 14.7 Å². The largest absolute Gasteiger partial charge is 0.394 e. The Bertz CT molecular complexity index is 892. The SMILES string of the molecule is O=C(C1CC1)N1CC2(C1)[C@H](c1ccccc1)[C@H](CO)N2C(=O)c1cccnc1. The maximum absolute atomic E-state index is 13.3. The van der Waals surface area contributed by atoms with E-state index in [1.807, 2.05) is 35.2 Å². The molecule has 144 valence electrons. The second-order valence-electron chi connectivity index (χ2n) is 8.13. The predicted octanol–water partition coefficient (Wildman–Crippen LogP) is 1.67. The van der Waals surface area contributed by atoms with Crippen LogP contribution in [0.5, 0.6) is 0 Å². The average Bonchev–Trinajstić information content (AvgIpc) is 3.53. The maximum atomic E-state index is 13.3. The van der Waals surface area contributed by atoms with Gasteiger partial charge >= 0.3 is 0 Å². The van der Waals surface area contributed by atoms with Crippen molar-refractivity contribution in [3.63, 3.8) is 0 Å². The number of carbonyl (C=O) groups excluding carboxylic acids is 2. The van der Waals surface area contributed by atoms with E-state index in [1.165, 1.54) is 0 Å². The van der Waals surface area contributed by atoms with Crippen molar-refractivity contribution in [2.75, 3.05) is 19.7 Å². The third-order valence-electron chi connectivity index (χ3n) is 6.42. The van der Waals surface area contributed by atoms with Crippen molar-refractivity contribution in [2.45, 2.75) is 30.3 Å². The highest BCUT2D eigenvalue weighted by Crippen LogP contribution is 2.55. The molecule has 2 aliphatic heterocycles. The van der Waals surface area contributed by atoms with Gasteiger partial charge in [-0.2, -0.15) is 0 Å². The zero-order valence-electron chi connectivity index (χ0n) is 15.6. The summed E-state index contributed by atoms with van der Waals surface area (Å²) in [5.41, 5.74) is 1.17. The number of pyridine rings is 1. The molecule has 1 aromatic heterocycles. The fourth-order valence-electron chi connectivity index (χ4n) is 4.97. The minimum absolute atomic E-state index is 0.0163. The molecule has 0 radical (unpaired) electrons. The van der Waals surface area contributed by atoms with Gasteiger partial charge in [-0.3, -0.25) is 14.6 Å². The van der Waals surface area contributed by atoms with E-state index in [4.69, 9.17) is 0 Å². The van der Waals surface area contributed by atoms with Crippen LogP contribution in [-0.2, 0) is 4.79 Å². The summed E-state index contributed by atoms with van der Waals surface area (Å²) in [5, 5.41) is 10.1. The predicted molar refractivity (Wildman–Crippen MR) is 102 cm³/mol. The fraction of sp³-hybridized carbons (Fsp3) is 0.409. The Hall–Kier alpha value is -2.73. The summed E-state index contributed by atoms with van der Waals surface area (Å²) >= 11 is 0. The molecule has 3 fully saturated rings. The number of aromatic nitrogens is 1. The van der Waals surface area contributed by atoms with Crippen molar-refractivity contribution in [3.8, 4) is 0 Å². The molecule has 3 aliphatic rings. The Balaban J connectivity index is 1.48. The lowest BCUT2D eigenvalue weighted by atomic mass is 9.60. The van der Waals surface area contributed by atoms with E-state index in [2.05, 4.69) is 4.98 Å². The molecule has 2 saturated heterocycles. The highest BCUT2D eigenvalue weighted by molar-refractivity contribution is 5.96. The molecule has 3 heterocycles. The second kappa shape index (κ2) is 6.41. The first-order valence-corrected chi connectivity index (χ1v) is 9.84. The van der Waals surface area contributed by atoms with E-state index >= 15 is 0 Å². The number of rotatable bonds is 4. The van der Waals surface area contributed by atoms with Crippen LogP contribution in [0, 0.1) is 5.92 Å². The molecule has 28 heavy (non-hydrogen) atoms. The van der Waals surface area contributed by atoms with Gasteiger partial charge in [-0.05, 0) is 30.5 Å². The molecule has 1 aliphatic carbocycles. The summed E-state index contributed by atoms with van der Waals surface area (Å²) in [5.74, 6) is 0.266. The summed E-state index contributed by atoms with van der Waals surface area (Å²) in [4.78, 5) is 33.5. The summed E-state index contributed by atoms with van der Waals surface area (Å²) in [6.45, 7) is 0.957. The Morgan fingerprint density at radius 1 is 1.11 bits per heavy atom. The summed E-state index contributed by atoms with van der Waals surface area (Å²) in [6.07, 6.45) is 5.15. The lowest BCUT2D eigenvalue weighted by Crippen LogP contribution is -2.86. The first kappa shape index (κ1) is 17.4. The van der Waals surface area contributed by atoms with Crippen LogP contribution in [0.15, 0.2) is 54.9 Å². The smallest absolute Gasteiger partial charge is 0.256 e. The van der Waals surface area contributed by atoms with Crippen molar-refractivity contribution in [3.05, 3.63) is 66.0 Å². The number of likely N-dealkylation sites (tertiary alicyclic amines) is 2. The summed E-state index contributed by atoms with van der Waals surface area (Å²) < 4.78 is 0.